The molecule has 0 spiro atoms. The molecular weight excluding hydrogens is 558 g/mol. The lowest BCUT2D eigenvalue weighted by atomic mass is 10.1. The number of pyridine rings is 1. The van der Waals surface area contributed by atoms with E-state index in [9.17, 15) is 10.1 Å². The van der Waals surface area contributed by atoms with Crippen LogP contribution >= 0.6 is 22.3 Å². The molecule has 4 rings (SSSR count). The number of carbonyl (C=O) groups is 1. The Morgan fingerprint density at radius 1 is 1.32 bits per heavy atom. The fourth-order valence-corrected chi connectivity index (χ4v) is 5.89. The van der Waals surface area contributed by atoms with Gasteiger partial charge in [-0.3, -0.25) is 4.79 Å². The van der Waals surface area contributed by atoms with Crippen LogP contribution in [-0.4, -0.2) is 76.4 Å². The molecule has 41 heavy (non-hydrogen) atoms. The normalized spacial score (nSPS) is 17.9. The number of thiazole rings is 1. The number of rotatable bonds is 9. The monoisotopic (exact) mass is 595 g/mol. The molecule has 2 N–H and O–H groups in total. The Kier molecular flexibility index (Phi) is 9.65. The molecule has 0 unspecified atom stereocenters. The van der Waals surface area contributed by atoms with Crippen molar-refractivity contribution < 1.29 is 14.3 Å². The number of nitrogens with zero attached hydrogens (tertiary/aromatic N) is 5. The summed E-state index contributed by atoms with van der Waals surface area (Å²) in [7, 11) is 2.82. The Bertz CT molecular complexity index is 1480. The Labute approximate surface area is 248 Å². The van der Waals surface area contributed by atoms with Crippen LogP contribution in [0.3, 0.4) is 0 Å². The van der Waals surface area contributed by atoms with E-state index in [2.05, 4.69) is 54.3 Å². The second-order valence-electron chi connectivity index (χ2n) is 10.7. The maximum atomic E-state index is 13.1. The summed E-state index contributed by atoms with van der Waals surface area (Å²) < 4.78 is 13.0. The maximum Gasteiger partial charge on any atom is 0.253 e. The lowest BCUT2D eigenvalue weighted by molar-refractivity contribution is -0.00546. The van der Waals surface area contributed by atoms with E-state index in [0.717, 1.165) is 35.9 Å². The topological polar surface area (TPSA) is 117 Å². The molecule has 0 bridgehead atoms. The van der Waals surface area contributed by atoms with Gasteiger partial charge in [0.1, 0.15) is 23.1 Å². The van der Waals surface area contributed by atoms with Gasteiger partial charge in [-0.05, 0) is 64.3 Å². The lowest BCUT2D eigenvalue weighted by Gasteiger charge is -2.36. The quantitative estimate of drug-likeness (QED) is 0.351. The molecule has 1 amide bonds. The summed E-state index contributed by atoms with van der Waals surface area (Å²) in [4.78, 5) is 25.8. The molecule has 0 saturated carbocycles. The highest BCUT2D eigenvalue weighted by Gasteiger charge is 2.25. The van der Waals surface area contributed by atoms with Crippen molar-refractivity contribution in [1.29, 1.82) is 5.26 Å². The van der Waals surface area contributed by atoms with Crippen LogP contribution in [-0.2, 0) is 15.0 Å². The zero-order chi connectivity index (χ0) is 29.7. The van der Waals surface area contributed by atoms with Crippen LogP contribution in [0, 0.1) is 18.3 Å². The van der Waals surface area contributed by atoms with Crippen LogP contribution < -0.4 is 15.5 Å². The molecule has 3 aromatic rings. The smallest absolute Gasteiger partial charge is 0.253 e. The summed E-state index contributed by atoms with van der Waals surface area (Å²) in [5.74, 6) is 4.62. The number of methoxy groups -OCH3 is 1. The summed E-state index contributed by atoms with van der Waals surface area (Å²) in [6.07, 6.45) is 3.67. The highest BCUT2D eigenvalue weighted by atomic mass is 32.1. The number of nitrogens with one attached hydrogen (secondary N) is 2. The van der Waals surface area contributed by atoms with Crippen molar-refractivity contribution in [2.75, 3.05) is 37.0 Å². The molecule has 218 valence electrons. The minimum Gasteiger partial charge on any atom is -0.382 e. The van der Waals surface area contributed by atoms with Gasteiger partial charge in [-0.1, -0.05) is 0 Å². The molecule has 0 radical (unpaired) electrons. The first kappa shape index (κ1) is 30.5. The van der Waals surface area contributed by atoms with Gasteiger partial charge < -0.3 is 29.6 Å². The number of morpholine rings is 1. The van der Waals surface area contributed by atoms with Gasteiger partial charge in [0.25, 0.3) is 5.91 Å². The molecule has 10 nitrogen and oxygen atoms in total. The second-order valence-corrected chi connectivity index (χ2v) is 12.3. The molecule has 1 saturated heterocycles. The molecule has 1 fully saturated rings. The van der Waals surface area contributed by atoms with Crippen LogP contribution in [0.15, 0.2) is 36.0 Å². The van der Waals surface area contributed by atoms with Gasteiger partial charge in [-0.15, -0.1) is 22.3 Å². The van der Waals surface area contributed by atoms with E-state index >= 15 is 0 Å². The van der Waals surface area contributed by atoms with Gasteiger partial charge >= 0.3 is 0 Å². The Morgan fingerprint density at radius 3 is 2.71 bits per heavy atom. The highest BCUT2D eigenvalue weighted by Crippen LogP contribution is 2.28. The van der Waals surface area contributed by atoms with E-state index in [0.29, 0.717) is 15.7 Å². The largest absolute Gasteiger partial charge is 0.382 e. The summed E-state index contributed by atoms with van der Waals surface area (Å²) >= 11 is 1.45. The van der Waals surface area contributed by atoms with Gasteiger partial charge in [0.2, 0.25) is 0 Å². The summed E-state index contributed by atoms with van der Waals surface area (Å²) in [5.41, 5.74) is 2.35. The zero-order valence-electron chi connectivity index (χ0n) is 24.3. The van der Waals surface area contributed by atoms with Gasteiger partial charge in [-0.25, -0.2) is 9.97 Å². The van der Waals surface area contributed by atoms with Crippen LogP contribution in [0.5, 0.6) is 0 Å². The molecule has 1 aliphatic rings. The van der Waals surface area contributed by atoms with E-state index in [1.54, 1.807) is 44.0 Å². The van der Waals surface area contributed by atoms with Crippen LogP contribution in [0.25, 0.3) is 11.4 Å². The van der Waals surface area contributed by atoms with E-state index in [1.807, 2.05) is 11.4 Å². The van der Waals surface area contributed by atoms with E-state index in [1.165, 1.54) is 22.3 Å². The summed E-state index contributed by atoms with van der Waals surface area (Å²) in [6, 6.07) is 7.57. The summed E-state index contributed by atoms with van der Waals surface area (Å²) in [6.45, 7) is 11.6. The van der Waals surface area contributed by atoms with Crippen molar-refractivity contribution in [3.05, 3.63) is 47.1 Å². The van der Waals surface area contributed by atoms with Gasteiger partial charge in [-0.2, -0.15) is 5.26 Å². The first-order valence-corrected chi connectivity index (χ1v) is 15.2. The minimum absolute atomic E-state index is 0.138. The number of ether oxygens (including phenoxy) is 2. The zero-order valence-corrected chi connectivity index (χ0v) is 25.9. The number of aryl methyl sites for hydroxylation is 1. The van der Waals surface area contributed by atoms with Crippen molar-refractivity contribution in [2.24, 2.45) is 0 Å². The number of aromatic nitrogens is 3. The fourth-order valence-electron chi connectivity index (χ4n) is 4.61. The van der Waals surface area contributed by atoms with Crippen molar-refractivity contribution in [3.63, 3.8) is 0 Å². The lowest BCUT2D eigenvalue weighted by Crippen LogP contribution is -2.46. The molecular formula is C29H37N7O3S2. The SMILES string of the molecule is C=S=C(Nc1nc(-c2cc(C)cc(N3C[C@@H](C)O[C@@H](C)C3)n2)cs1)[C@H](COC)NC(=O)c1ccn(C(C)(C)C#N)c1. The highest BCUT2D eigenvalue weighted by molar-refractivity contribution is 7.96. The second kappa shape index (κ2) is 13.0. The van der Waals surface area contributed by atoms with Crippen molar-refractivity contribution in [1.82, 2.24) is 19.9 Å². The number of hydrogen-bond donors (Lipinski definition) is 2. The molecule has 3 atom stereocenters. The molecule has 12 heteroatoms. The third-order valence-electron chi connectivity index (χ3n) is 6.68. The predicted octanol–water partition coefficient (Wildman–Crippen LogP) is 4.34. The number of anilines is 2. The number of amides is 1. The number of carbonyl (C=O) groups excluding carboxylic acids is 1. The standard InChI is InChI=1S/C29H37N7O3S2/c1-18-10-22(31-25(11-18)35-12-19(2)39-20(3)13-35)24-16-41-28(33-24)34-27(40-7)23(15-38-6)32-26(37)21-8-9-36(14-21)29(4,5)17-30/h8-11,14,16,19-20,23H,7,12-13,15H2,1-6H3,(H,32,37)(H,33,34)/t19-,20+,23-/m0/s1. The Balaban J connectivity index is 1.49. The molecule has 0 aromatic carbocycles. The van der Waals surface area contributed by atoms with Crippen molar-refractivity contribution >= 4 is 50.0 Å². The number of nitriles is 1. The van der Waals surface area contributed by atoms with E-state index < -0.39 is 11.6 Å². The number of hydrogen-bond acceptors (Lipinski definition) is 8. The van der Waals surface area contributed by atoms with E-state index in [-0.39, 0.29) is 24.7 Å². The summed E-state index contributed by atoms with van der Waals surface area (Å²) in [5, 5.41) is 18.4. The fraction of sp³-hybridized carbons (Fsp3) is 0.448. The minimum atomic E-state index is -0.763. The predicted molar refractivity (Wildman–Crippen MR) is 168 cm³/mol. The van der Waals surface area contributed by atoms with Gasteiger partial charge in [0.15, 0.2) is 5.13 Å². The molecule has 3 aromatic heterocycles. The molecule has 1 aliphatic heterocycles. The maximum absolute atomic E-state index is 13.1. The Morgan fingerprint density at radius 2 is 2.05 bits per heavy atom. The first-order valence-electron chi connectivity index (χ1n) is 13.3. The van der Waals surface area contributed by atoms with Crippen molar-refractivity contribution in [3.8, 4) is 17.5 Å². The third-order valence-corrected chi connectivity index (χ3v) is 8.14. The van der Waals surface area contributed by atoms with Crippen molar-refractivity contribution in [2.45, 2.75) is 58.4 Å². The van der Waals surface area contributed by atoms with Crippen LogP contribution in [0.1, 0.15) is 43.6 Å². The van der Waals surface area contributed by atoms with Crippen LogP contribution in [0.4, 0.5) is 10.9 Å². The average Bonchev–Trinajstić information content (AvgIpc) is 3.61. The Hall–Kier alpha value is -3.50. The van der Waals surface area contributed by atoms with Crippen LogP contribution in [0.2, 0.25) is 0 Å². The molecule has 0 aliphatic carbocycles. The van der Waals surface area contributed by atoms with Gasteiger partial charge in [0, 0.05) is 38.0 Å². The molecule has 4 heterocycles. The first-order chi connectivity index (χ1) is 19.5. The third kappa shape index (κ3) is 7.42. The van der Waals surface area contributed by atoms with E-state index in [4.69, 9.17) is 19.4 Å². The average molecular weight is 596 g/mol. The van der Waals surface area contributed by atoms with Gasteiger partial charge in [0.05, 0.1) is 41.1 Å².